The molecule has 0 spiro atoms. The molecule has 0 aromatic rings. The van der Waals surface area contributed by atoms with Crippen LogP contribution in [0.15, 0.2) is 0 Å². The lowest BCUT2D eigenvalue weighted by Gasteiger charge is -2.18. The lowest BCUT2D eigenvalue weighted by molar-refractivity contribution is 0.297. The van der Waals surface area contributed by atoms with Gasteiger partial charge in [0, 0.05) is 13.1 Å². The molecule has 6 heteroatoms. The normalized spacial score (nSPS) is 35.2. The average molecular weight is 270 g/mol. The van der Waals surface area contributed by atoms with Gasteiger partial charge in [0.05, 0.1) is 12.2 Å². The number of sulfonamides is 1. The van der Waals surface area contributed by atoms with E-state index in [2.05, 4.69) is 15.9 Å². The molecule has 0 saturated carbocycles. The van der Waals surface area contributed by atoms with Gasteiger partial charge in [0.25, 0.3) is 0 Å². The third-order valence-electron chi connectivity index (χ3n) is 2.50. The minimum Gasteiger partial charge on any atom is -0.368 e. The van der Waals surface area contributed by atoms with Gasteiger partial charge in [0.1, 0.15) is 4.66 Å². The van der Waals surface area contributed by atoms with Crippen LogP contribution in [0.1, 0.15) is 12.8 Å². The van der Waals surface area contributed by atoms with Crippen molar-refractivity contribution < 1.29 is 13.2 Å². The number of rotatable bonds is 2. The highest BCUT2D eigenvalue weighted by molar-refractivity contribution is 9.10. The Balaban J connectivity index is 2.06. The van der Waals surface area contributed by atoms with Gasteiger partial charge in [-0.25, -0.2) is 8.42 Å². The van der Waals surface area contributed by atoms with Crippen LogP contribution in [0.4, 0.5) is 0 Å². The first kappa shape index (κ1) is 9.89. The van der Waals surface area contributed by atoms with Crippen LogP contribution in [0, 0.1) is 0 Å². The fourth-order valence-corrected chi connectivity index (χ4v) is 3.46. The van der Waals surface area contributed by atoms with Gasteiger partial charge in [0.15, 0.2) is 0 Å². The zero-order chi connectivity index (χ0) is 9.47. The van der Waals surface area contributed by atoms with Crippen molar-refractivity contribution in [2.75, 3.05) is 17.8 Å². The molecule has 0 N–H and O–H groups in total. The van der Waals surface area contributed by atoms with Gasteiger partial charge in [-0.05, 0) is 12.8 Å². The van der Waals surface area contributed by atoms with Crippen LogP contribution in [0.25, 0.3) is 0 Å². The fourth-order valence-electron chi connectivity index (χ4n) is 1.68. The van der Waals surface area contributed by atoms with E-state index in [9.17, 15) is 8.42 Å². The second-order valence-corrected chi connectivity index (χ2v) is 6.71. The monoisotopic (exact) mass is 269 g/mol. The van der Waals surface area contributed by atoms with Crippen molar-refractivity contribution in [1.29, 1.82) is 0 Å². The Bertz CT molecular complexity index is 292. The van der Waals surface area contributed by atoms with E-state index in [0.717, 1.165) is 12.8 Å². The zero-order valence-corrected chi connectivity index (χ0v) is 9.55. The molecule has 13 heavy (non-hydrogen) atoms. The summed E-state index contributed by atoms with van der Waals surface area (Å²) in [6.45, 7) is 1.18. The minimum atomic E-state index is -3.08. The van der Waals surface area contributed by atoms with Crippen LogP contribution < -0.4 is 0 Å². The molecule has 0 aromatic carbocycles. The average Bonchev–Trinajstić information content (AvgIpc) is 2.79. The number of fused-ring (bicyclic) bond motifs is 1. The highest BCUT2D eigenvalue weighted by atomic mass is 79.9. The maximum absolute atomic E-state index is 11.5. The summed E-state index contributed by atoms with van der Waals surface area (Å²) in [7, 11) is -3.08. The molecule has 2 rings (SSSR count). The number of hydrogen-bond donors (Lipinski definition) is 0. The molecule has 2 fully saturated rings. The second kappa shape index (κ2) is 3.49. The van der Waals surface area contributed by atoms with E-state index in [1.807, 2.05) is 0 Å². The van der Waals surface area contributed by atoms with Crippen LogP contribution in [0.2, 0.25) is 0 Å². The van der Waals surface area contributed by atoms with Gasteiger partial charge < -0.3 is 4.74 Å². The van der Waals surface area contributed by atoms with Crippen molar-refractivity contribution in [3.63, 3.8) is 0 Å². The molecular weight excluding hydrogens is 258 g/mol. The molecule has 0 amide bonds. The highest BCUT2D eigenvalue weighted by Gasteiger charge is 2.43. The number of ether oxygens (including phenoxy) is 1. The Hall–Kier alpha value is 0.350. The molecular formula is C7H12BrNO3S. The van der Waals surface area contributed by atoms with Crippen molar-refractivity contribution in [1.82, 2.24) is 4.31 Å². The summed E-state index contributed by atoms with van der Waals surface area (Å²) < 4.78 is 29.8. The van der Waals surface area contributed by atoms with E-state index >= 15 is 0 Å². The molecule has 0 aliphatic carbocycles. The topological polar surface area (TPSA) is 49.9 Å². The Kier molecular flexibility index (Phi) is 2.65. The zero-order valence-electron chi connectivity index (χ0n) is 7.15. The lowest BCUT2D eigenvalue weighted by Crippen LogP contribution is -2.34. The molecule has 4 nitrogen and oxygen atoms in total. The van der Waals surface area contributed by atoms with Gasteiger partial charge in [-0.15, -0.1) is 0 Å². The van der Waals surface area contributed by atoms with Crippen LogP contribution in [-0.4, -0.2) is 42.7 Å². The van der Waals surface area contributed by atoms with Crippen molar-refractivity contribution in [3.05, 3.63) is 0 Å². The third kappa shape index (κ3) is 2.06. The minimum absolute atomic E-state index is 0.0113. The number of hydrogen-bond acceptors (Lipinski definition) is 3. The molecule has 2 heterocycles. The molecule has 0 aromatic heterocycles. The molecule has 2 aliphatic rings. The van der Waals surface area contributed by atoms with Crippen molar-refractivity contribution in [2.45, 2.75) is 25.0 Å². The van der Waals surface area contributed by atoms with Crippen LogP contribution >= 0.6 is 15.9 Å². The molecule has 0 radical (unpaired) electrons. The Labute approximate surface area is 86.4 Å². The summed E-state index contributed by atoms with van der Waals surface area (Å²) in [5.74, 6) is 0. The summed E-state index contributed by atoms with van der Waals surface area (Å²) in [6, 6.07) is 0. The number of epoxide rings is 1. The summed E-state index contributed by atoms with van der Waals surface area (Å²) in [4.78, 5) is 0. The Morgan fingerprint density at radius 3 is 2.92 bits per heavy atom. The molecule has 0 unspecified atom stereocenters. The van der Waals surface area contributed by atoms with Crippen molar-refractivity contribution in [2.24, 2.45) is 0 Å². The van der Waals surface area contributed by atoms with Crippen molar-refractivity contribution in [3.8, 4) is 0 Å². The summed E-state index contributed by atoms with van der Waals surface area (Å²) >= 11 is 3.00. The van der Waals surface area contributed by atoms with Gasteiger partial charge >= 0.3 is 0 Å². The van der Waals surface area contributed by atoms with Gasteiger partial charge in [0.2, 0.25) is 10.0 Å². The maximum atomic E-state index is 11.5. The maximum Gasteiger partial charge on any atom is 0.224 e. The van der Waals surface area contributed by atoms with E-state index in [4.69, 9.17) is 4.74 Å². The van der Waals surface area contributed by atoms with E-state index in [1.54, 1.807) is 0 Å². The third-order valence-corrected chi connectivity index (χ3v) is 5.63. The molecule has 0 bridgehead atoms. The van der Waals surface area contributed by atoms with Gasteiger partial charge in [-0.2, -0.15) is 4.31 Å². The van der Waals surface area contributed by atoms with Crippen LogP contribution in [0.3, 0.4) is 0 Å². The largest absolute Gasteiger partial charge is 0.368 e. The predicted molar refractivity (Wildman–Crippen MR) is 52.2 cm³/mol. The number of nitrogens with zero attached hydrogens (tertiary/aromatic N) is 1. The summed E-state index contributed by atoms with van der Waals surface area (Å²) in [5, 5.41) is 0. The lowest BCUT2D eigenvalue weighted by atomic mass is 10.2. The van der Waals surface area contributed by atoms with Gasteiger partial charge in [-0.1, -0.05) is 15.9 Å². The standard InChI is InChI=1S/C7H12BrNO3S/c8-5-13(10,11)9-3-1-2-6-7(4-9)12-6/h6-7H,1-5H2/t6-,7+/m0/s1. The molecule has 76 valence electrons. The first-order valence-electron chi connectivity index (χ1n) is 4.33. The van der Waals surface area contributed by atoms with E-state index in [1.165, 1.54) is 4.31 Å². The van der Waals surface area contributed by atoms with E-state index in [0.29, 0.717) is 19.2 Å². The summed E-state index contributed by atoms with van der Waals surface area (Å²) in [6.07, 6.45) is 2.40. The fraction of sp³-hybridized carbons (Fsp3) is 1.00. The smallest absolute Gasteiger partial charge is 0.224 e. The summed E-state index contributed by atoms with van der Waals surface area (Å²) in [5.41, 5.74) is 0. The van der Waals surface area contributed by atoms with Crippen molar-refractivity contribution >= 4 is 26.0 Å². The quantitative estimate of drug-likeness (QED) is 0.543. The van der Waals surface area contributed by atoms with E-state index < -0.39 is 10.0 Å². The van der Waals surface area contributed by atoms with Crippen LogP contribution in [-0.2, 0) is 14.8 Å². The predicted octanol–water partition coefficient (Wildman–Crippen LogP) is 0.532. The number of halogens is 1. The first-order chi connectivity index (χ1) is 6.13. The van der Waals surface area contributed by atoms with Crippen LogP contribution in [0.5, 0.6) is 0 Å². The Morgan fingerprint density at radius 2 is 2.23 bits per heavy atom. The Morgan fingerprint density at radius 1 is 1.46 bits per heavy atom. The molecule has 2 aliphatic heterocycles. The first-order valence-corrected chi connectivity index (χ1v) is 7.06. The SMILES string of the molecule is O=S(=O)(CBr)N1CCC[C@@H]2O[C@@H]2C1. The van der Waals surface area contributed by atoms with E-state index in [-0.39, 0.29) is 10.8 Å². The van der Waals surface area contributed by atoms with Gasteiger partial charge in [-0.3, -0.25) is 0 Å². The molecule has 2 saturated heterocycles. The molecule has 2 atom stereocenters. The number of alkyl halides is 1. The highest BCUT2D eigenvalue weighted by Crippen LogP contribution is 2.31. The second-order valence-electron chi connectivity index (χ2n) is 3.43.